The summed E-state index contributed by atoms with van der Waals surface area (Å²) in [5.74, 6) is -0.412. The number of rotatable bonds is 3. The number of nitrogens with zero attached hydrogens (tertiary/aromatic N) is 2. The maximum absolute atomic E-state index is 13.8. The topological polar surface area (TPSA) is 46.0 Å². The first-order chi connectivity index (χ1) is 9.40. The average molecular weight is 292 g/mol. The Balaban J connectivity index is 2.43. The lowest BCUT2D eigenvalue weighted by atomic mass is 10.1. The van der Waals surface area contributed by atoms with Gasteiger partial charge in [-0.25, -0.2) is 14.4 Å². The fourth-order valence-corrected chi connectivity index (χ4v) is 2.98. The van der Waals surface area contributed by atoms with Crippen LogP contribution in [0.1, 0.15) is 35.5 Å². The molecule has 0 radical (unpaired) electrons. The zero-order valence-electron chi connectivity index (χ0n) is 11.9. The van der Waals surface area contributed by atoms with Crippen molar-refractivity contribution in [3.05, 3.63) is 46.5 Å². The molecule has 0 unspecified atom stereocenters. The molecule has 3 nitrogen and oxygen atoms in total. The fraction of sp³-hybridized carbons (Fsp3) is 0.333. The monoisotopic (exact) mass is 292 g/mol. The van der Waals surface area contributed by atoms with Crippen molar-refractivity contribution in [2.24, 2.45) is 0 Å². The molecule has 20 heavy (non-hydrogen) atoms. The molecule has 2 rings (SSSR count). The quantitative estimate of drug-likeness (QED) is 0.875. The molecule has 2 aromatic rings. The van der Waals surface area contributed by atoms with Gasteiger partial charge in [0.1, 0.15) is 5.82 Å². The van der Waals surface area contributed by atoms with Crippen molar-refractivity contribution in [2.45, 2.75) is 43.9 Å². The number of aliphatic hydroxyl groups excluding tert-OH is 1. The maximum Gasteiger partial charge on any atom is 0.192 e. The molecule has 1 atom stereocenters. The Morgan fingerprint density at radius 1 is 1.15 bits per heavy atom. The van der Waals surface area contributed by atoms with Gasteiger partial charge < -0.3 is 5.11 Å². The Hall–Kier alpha value is -1.46. The molecule has 0 bridgehead atoms. The van der Waals surface area contributed by atoms with Gasteiger partial charge in [0.25, 0.3) is 0 Å². The lowest BCUT2D eigenvalue weighted by molar-refractivity contribution is 0.191. The van der Waals surface area contributed by atoms with Crippen LogP contribution in [0.2, 0.25) is 0 Å². The Labute approximate surface area is 122 Å². The Bertz CT molecular complexity index is 621. The number of aromatic nitrogens is 2. The second kappa shape index (κ2) is 5.89. The van der Waals surface area contributed by atoms with Crippen molar-refractivity contribution in [1.29, 1.82) is 0 Å². The molecule has 5 heteroatoms. The van der Waals surface area contributed by atoms with Gasteiger partial charge in [-0.05, 0) is 57.2 Å². The molecule has 0 saturated heterocycles. The van der Waals surface area contributed by atoms with Gasteiger partial charge in [-0.15, -0.1) is 0 Å². The molecule has 0 aliphatic rings. The van der Waals surface area contributed by atoms with Crippen LogP contribution in [-0.4, -0.2) is 15.1 Å². The van der Waals surface area contributed by atoms with E-state index in [2.05, 4.69) is 9.97 Å². The average Bonchev–Trinajstić information content (AvgIpc) is 2.35. The third-order valence-electron chi connectivity index (χ3n) is 3.24. The molecule has 0 amide bonds. The van der Waals surface area contributed by atoms with Crippen LogP contribution in [0.15, 0.2) is 28.3 Å². The van der Waals surface area contributed by atoms with E-state index in [1.54, 1.807) is 19.1 Å². The number of hydrogen-bond acceptors (Lipinski definition) is 4. The van der Waals surface area contributed by atoms with Crippen LogP contribution in [0.5, 0.6) is 0 Å². The van der Waals surface area contributed by atoms with E-state index >= 15 is 0 Å². The zero-order chi connectivity index (χ0) is 14.9. The lowest BCUT2D eigenvalue weighted by Crippen LogP contribution is -2.01. The summed E-state index contributed by atoms with van der Waals surface area (Å²) in [5.41, 5.74) is 3.17. The van der Waals surface area contributed by atoms with Crippen LogP contribution >= 0.6 is 11.8 Å². The molecule has 0 saturated carbocycles. The molecular weight excluding hydrogens is 275 g/mol. The number of benzene rings is 1. The van der Waals surface area contributed by atoms with Crippen LogP contribution in [0.3, 0.4) is 0 Å². The highest BCUT2D eigenvalue weighted by atomic mass is 32.2. The Kier molecular flexibility index (Phi) is 4.40. The number of halogens is 1. The minimum atomic E-state index is -0.869. The molecule has 106 valence electrons. The van der Waals surface area contributed by atoms with E-state index in [-0.39, 0.29) is 5.56 Å². The van der Waals surface area contributed by atoms with E-state index in [9.17, 15) is 9.50 Å². The van der Waals surface area contributed by atoms with Gasteiger partial charge in [0, 0.05) is 21.8 Å². The Morgan fingerprint density at radius 2 is 1.75 bits per heavy atom. The van der Waals surface area contributed by atoms with Crippen molar-refractivity contribution >= 4 is 11.8 Å². The van der Waals surface area contributed by atoms with Crippen molar-refractivity contribution in [3.63, 3.8) is 0 Å². The molecule has 0 fully saturated rings. The summed E-state index contributed by atoms with van der Waals surface area (Å²) < 4.78 is 13.8. The van der Waals surface area contributed by atoms with E-state index in [0.29, 0.717) is 10.1 Å². The van der Waals surface area contributed by atoms with Gasteiger partial charge in [0.2, 0.25) is 0 Å². The second-order valence-corrected chi connectivity index (χ2v) is 5.74. The zero-order valence-corrected chi connectivity index (χ0v) is 12.8. The summed E-state index contributed by atoms with van der Waals surface area (Å²) in [6.07, 6.45) is -0.869. The highest BCUT2D eigenvalue weighted by Crippen LogP contribution is 2.33. The summed E-state index contributed by atoms with van der Waals surface area (Å²) in [6, 6.07) is 4.74. The first-order valence-corrected chi connectivity index (χ1v) is 7.18. The highest BCUT2D eigenvalue weighted by Gasteiger charge is 2.16. The summed E-state index contributed by atoms with van der Waals surface area (Å²) in [6.45, 7) is 7.38. The highest BCUT2D eigenvalue weighted by molar-refractivity contribution is 7.99. The molecule has 1 aromatic heterocycles. The van der Waals surface area contributed by atoms with Crippen molar-refractivity contribution in [2.75, 3.05) is 0 Å². The molecule has 1 N–H and O–H groups in total. The second-order valence-electron chi connectivity index (χ2n) is 4.73. The van der Waals surface area contributed by atoms with E-state index in [0.717, 1.165) is 17.0 Å². The largest absolute Gasteiger partial charge is 0.389 e. The smallest absolute Gasteiger partial charge is 0.192 e. The SMILES string of the molecule is Cc1nc(Sc2cccc(F)c2[C@H](C)O)nc(C)c1C. The Morgan fingerprint density at radius 3 is 2.30 bits per heavy atom. The van der Waals surface area contributed by atoms with E-state index in [1.165, 1.54) is 17.8 Å². The first-order valence-electron chi connectivity index (χ1n) is 6.36. The summed E-state index contributed by atoms with van der Waals surface area (Å²) in [4.78, 5) is 9.45. The molecule has 0 aliphatic carbocycles. The van der Waals surface area contributed by atoms with Crippen molar-refractivity contribution in [1.82, 2.24) is 9.97 Å². The van der Waals surface area contributed by atoms with E-state index in [1.807, 2.05) is 20.8 Å². The van der Waals surface area contributed by atoms with Crippen molar-refractivity contribution < 1.29 is 9.50 Å². The summed E-state index contributed by atoms with van der Waals surface area (Å²) >= 11 is 1.27. The van der Waals surface area contributed by atoms with Gasteiger partial charge in [0.05, 0.1) is 6.10 Å². The standard InChI is InChI=1S/C15H17FN2OS/c1-8-9(2)17-15(18-10(8)3)20-13-7-5-6-12(16)14(13)11(4)19/h5-7,11,19H,1-4H3/t11-/m0/s1. The number of aryl methyl sites for hydroxylation is 2. The van der Waals surface area contributed by atoms with Gasteiger partial charge in [-0.2, -0.15) is 0 Å². The molecular formula is C15H17FN2OS. The van der Waals surface area contributed by atoms with Gasteiger partial charge in [-0.3, -0.25) is 0 Å². The minimum absolute atomic E-state index is 0.289. The normalized spacial score (nSPS) is 12.5. The maximum atomic E-state index is 13.8. The molecule has 0 spiro atoms. The first kappa shape index (κ1) is 14.9. The van der Waals surface area contributed by atoms with Gasteiger partial charge in [0.15, 0.2) is 5.16 Å². The van der Waals surface area contributed by atoms with Crippen molar-refractivity contribution in [3.8, 4) is 0 Å². The third kappa shape index (κ3) is 2.99. The molecule has 1 aromatic carbocycles. The summed E-state index contributed by atoms with van der Waals surface area (Å²) in [7, 11) is 0. The third-order valence-corrected chi connectivity index (χ3v) is 4.19. The van der Waals surface area contributed by atoms with Crippen LogP contribution in [0, 0.1) is 26.6 Å². The fourth-order valence-electron chi connectivity index (χ4n) is 1.90. The number of aliphatic hydroxyl groups is 1. The molecule has 0 aliphatic heterocycles. The lowest BCUT2D eigenvalue weighted by Gasteiger charge is -2.13. The minimum Gasteiger partial charge on any atom is -0.389 e. The van der Waals surface area contributed by atoms with Crippen LogP contribution in [0.4, 0.5) is 4.39 Å². The molecule has 1 heterocycles. The summed E-state index contributed by atoms with van der Waals surface area (Å²) in [5, 5.41) is 10.3. The van der Waals surface area contributed by atoms with Crippen LogP contribution < -0.4 is 0 Å². The van der Waals surface area contributed by atoms with Gasteiger partial charge in [-0.1, -0.05) is 6.07 Å². The number of hydrogen-bond donors (Lipinski definition) is 1. The van der Waals surface area contributed by atoms with E-state index in [4.69, 9.17) is 0 Å². The van der Waals surface area contributed by atoms with Gasteiger partial charge >= 0.3 is 0 Å². The van der Waals surface area contributed by atoms with Crippen LogP contribution in [0.25, 0.3) is 0 Å². The van der Waals surface area contributed by atoms with E-state index < -0.39 is 11.9 Å². The predicted octanol–water partition coefficient (Wildman–Crippen LogP) is 3.75. The van der Waals surface area contributed by atoms with Crippen LogP contribution in [-0.2, 0) is 0 Å². The predicted molar refractivity (Wildman–Crippen MR) is 77.4 cm³/mol.